The van der Waals surface area contributed by atoms with E-state index in [1.54, 1.807) is 0 Å². The number of halogens is 2. The maximum absolute atomic E-state index is 12.9. The van der Waals surface area contributed by atoms with Crippen molar-refractivity contribution in [1.82, 2.24) is 5.32 Å². The number of nitrogens with one attached hydrogen (secondary N) is 1. The van der Waals surface area contributed by atoms with Gasteiger partial charge >= 0.3 is 6.03 Å². The van der Waals surface area contributed by atoms with Crippen molar-refractivity contribution in [1.29, 1.82) is 0 Å². The van der Waals surface area contributed by atoms with Crippen molar-refractivity contribution in [2.45, 2.75) is 0 Å². The van der Waals surface area contributed by atoms with E-state index >= 15 is 0 Å². The van der Waals surface area contributed by atoms with Crippen LogP contribution >= 0.6 is 23.2 Å². The van der Waals surface area contributed by atoms with Crippen molar-refractivity contribution >= 4 is 58.5 Å². The van der Waals surface area contributed by atoms with Crippen molar-refractivity contribution < 1.29 is 24.0 Å². The molecule has 0 atom stereocenters. The number of carbonyl (C=O) groups is 3. The van der Waals surface area contributed by atoms with Gasteiger partial charge in [0.2, 0.25) is 0 Å². The molecule has 11 heteroatoms. The number of carbonyl (C=O) groups excluding carboxylic acids is 3. The van der Waals surface area contributed by atoms with Gasteiger partial charge in [-0.1, -0.05) is 35.2 Å². The number of ether oxygens (including phenoxy) is 1. The number of barbiturate groups is 1. The van der Waals surface area contributed by atoms with Crippen LogP contribution in [0.15, 0.2) is 42.0 Å². The van der Waals surface area contributed by atoms with E-state index in [4.69, 9.17) is 34.4 Å². The Labute approximate surface area is 185 Å². The Morgan fingerprint density at radius 1 is 1.19 bits per heavy atom. The topological polar surface area (TPSA) is 119 Å². The summed E-state index contributed by atoms with van der Waals surface area (Å²) in [6.45, 7) is -0.0684. The maximum Gasteiger partial charge on any atom is 0.335 e. The molecule has 4 amide bonds. The van der Waals surface area contributed by atoms with Gasteiger partial charge in [-0.2, -0.15) is 0 Å². The molecule has 1 N–H and O–H groups in total. The van der Waals surface area contributed by atoms with Gasteiger partial charge in [0.05, 0.1) is 20.7 Å². The van der Waals surface area contributed by atoms with Crippen LogP contribution in [-0.2, 0) is 9.59 Å². The van der Waals surface area contributed by atoms with E-state index in [1.165, 1.54) is 36.4 Å². The van der Waals surface area contributed by atoms with Crippen molar-refractivity contribution in [2.24, 2.45) is 0 Å². The molecule has 1 aliphatic heterocycles. The molecular weight excluding hydrogens is 449 g/mol. The summed E-state index contributed by atoms with van der Waals surface area (Å²) in [5.41, 5.74) is -0.545. The number of rotatable bonds is 5. The summed E-state index contributed by atoms with van der Waals surface area (Å²) in [6, 6.07) is 6.61. The molecule has 0 aliphatic carbocycles. The number of nitro groups is 1. The fourth-order valence-corrected chi connectivity index (χ4v) is 3.33. The first-order valence-electron chi connectivity index (χ1n) is 8.44. The predicted octanol–water partition coefficient (Wildman–Crippen LogP) is 3.58. The number of hydrogen-bond acceptors (Lipinski definition) is 6. The molecule has 0 spiro atoms. The second-order valence-electron chi connectivity index (χ2n) is 6.04. The summed E-state index contributed by atoms with van der Waals surface area (Å²) in [5.74, 6) is 0.480. The van der Waals surface area contributed by atoms with Crippen molar-refractivity contribution in [3.05, 3.63) is 67.7 Å². The van der Waals surface area contributed by atoms with Crippen LogP contribution in [0.2, 0.25) is 10.0 Å². The van der Waals surface area contributed by atoms with Gasteiger partial charge in [-0.05, 0) is 29.8 Å². The number of nitro benzene ring substituents is 1. The van der Waals surface area contributed by atoms with Gasteiger partial charge in [0.15, 0.2) is 5.75 Å². The van der Waals surface area contributed by atoms with E-state index in [2.05, 4.69) is 5.92 Å². The second kappa shape index (κ2) is 8.87. The average Bonchev–Trinajstić information content (AvgIpc) is 2.70. The summed E-state index contributed by atoms with van der Waals surface area (Å²) in [7, 11) is 0. The molecule has 2 aromatic rings. The zero-order chi connectivity index (χ0) is 22.7. The second-order valence-corrected chi connectivity index (χ2v) is 6.86. The first-order valence-corrected chi connectivity index (χ1v) is 9.19. The van der Waals surface area contributed by atoms with Crippen LogP contribution < -0.4 is 15.0 Å². The summed E-state index contributed by atoms with van der Waals surface area (Å²) in [6.07, 6.45) is 6.31. The summed E-state index contributed by atoms with van der Waals surface area (Å²) < 4.78 is 5.25. The molecule has 156 valence electrons. The summed E-state index contributed by atoms with van der Waals surface area (Å²) in [4.78, 5) is 48.4. The minimum Gasteiger partial charge on any atom is -0.478 e. The molecule has 1 fully saturated rings. The molecule has 0 saturated carbocycles. The highest BCUT2D eigenvalue weighted by molar-refractivity contribution is 6.40. The van der Waals surface area contributed by atoms with Crippen LogP contribution in [0.5, 0.6) is 5.75 Å². The molecule has 0 aromatic heterocycles. The van der Waals surface area contributed by atoms with Crippen molar-refractivity contribution in [2.75, 3.05) is 11.5 Å². The number of anilines is 1. The predicted molar refractivity (Wildman–Crippen MR) is 113 cm³/mol. The van der Waals surface area contributed by atoms with Crippen molar-refractivity contribution in [3.63, 3.8) is 0 Å². The third-order valence-electron chi connectivity index (χ3n) is 4.03. The van der Waals surface area contributed by atoms with E-state index in [1.807, 2.05) is 5.32 Å². The molecular formula is C20H11Cl2N3O6. The highest BCUT2D eigenvalue weighted by atomic mass is 35.5. The number of terminal acetylenes is 1. The Balaban J connectivity index is 2.01. The Kier molecular flexibility index (Phi) is 6.25. The lowest BCUT2D eigenvalue weighted by molar-refractivity contribution is -0.384. The Morgan fingerprint density at radius 3 is 2.48 bits per heavy atom. The lowest BCUT2D eigenvalue weighted by Gasteiger charge is -2.26. The largest absolute Gasteiger partial charge is 0.478 e. The van der Waals surface area contributed by atoms with Gasteiger partial charge < -0.3 is 4.74 Å². The standard InChI is InChI=1S/C20H11Cl2N3O6/c1-2-6-31-17-15(21)8-11(9-16(17)22)7-14-18(26)23-20(28)24(19(14)27)12-4-3-5-13(10-12)25(29)30/h1,3-5,7-10H,6H2,(H,23,26,28). The fourth-order valence-electron chi connectivity index (χ4n) is 2.72. The zero-order valence-electron chi connectivity index (χ0n) is 15.4. The molecule has 0 bridgehead atoms. The number of non-ortho nitro benzene ring substituents is 1. The monoisotopic (exact) mass is 459 g/mol. The Hall–Kier alpha value is -3.87. The molecule has 9 nitrogen and oxygen atoms in total. The van der Waals surface area contributed by atoms with E-state index in [-0.39, 0.29) is 39.3 Å². The van der Waals surface area contributed by atoms with Crippen LogP contribution in [0, 0.1) is 22.5 Å². The minimum atomic E-state index is -1.04. The molecule has 31 heavy (non-hydrogen) atoms. The van der Waals surface area contributed by atoms with Crippen molar-refractivity contribution in [3.8, 4) is 18.1 Å². The molecule has 2 aromatic carbocycles. The normalized spacial score (nSPS) is 14.9. The number of urea groups is 1. The number of nitrogens with zero attached hydrogens (tertiary/aromatic N) is 2. The van der Waals surface area contributed by atoms with Gasteiger partial charge in [-0.3, -0.25) is 25.0 Å². The molecule has 1 aliphatic rings. The third-order valence-corrected chi connectivity index (χ3v) is 4.59. The number of amides is 4. The Morgan fingerprint density at radius 2 is 1.87 bits per heavy atom. The highest BCUT2D eigenvalue weighted by Gasteiger charge is 2.37. The highest BCUT2D eigenvalue weighted by Crippen LogP contribution is 2.35. The lowest BCUT2D eigenvalue weighted by atomic mass is 10.1. The van der Waals surface area contributed by atoms with E-state index in [9.17, 15) is 24.5 Å². The van der Waals surface area contributed by atoms with Gasteiger partial charge in [0, 0.05) is 12.1 Å². The van der Waals surface area contributed by atoms with Crippen LogP contribution in [0.25, 0.3) is 6.08 Å². The van der Waals surface area contributed by atoms with Gasteiger partial charge in [-0.25, -0.2) is 9.69 Å². The van der Waals surface area contributed by atoms with E-state index in [0.717, 1.165) is 6.07 Å². The smallest absolute Gasteiger partial charge is 0.335 e. The molecule has 0 radical (unpaired) electrons. The van der Waals surface area contributed by atoms with E-state index < -0.39 is 28.3 Å². The lowest BCUT2D eigenvalue weighted by Crippen LogP contribution is -2.54. The quantitative estimate of drug-likeness (QED) is 0.240. The molecule has 3 rings (SSSR count). The first-order chi connectivity index (χ1) is 14.7. The Bertz CT molecular complexity index is 1180. The summed E-state index contributed by atoms with van der Waals surface area (Å²) >= 11 is 12.3. The van der Waals surface area contributed by atoms with Gasteiger partial charge in [0.25, 0.3) is 17.5 Å². The first kappa shape index (κ1) is 21.8. The number of benzene rings is 2. The SMILES string of the molecule is C#CCOc1c(Cl)cc(C=C2C(=O)NC(=O)N(c3cccc([N+](=O)[O-])c3)C2=O)cc1Cl. The zero-order valence-corrected chi connectivity index (χ0v) is 16.9. The molecule has 0 unspecified atom stereocenters. The maximum atomic E-state index is 12.9. The third kappa shape index (κ3) is 4.50. The minimum absolute atomic E-state index is 0.0684. The average molecular weight is 460 g/mol. The van der Waals surface area contributed by atoms with Crippen LogP contribution in [0.1, 0.15) is 5.56 Å². The fraction of sp³-hybridized carbons (Fsp3) is 0.0500. The van der Waals surface area contributed by atoms with Gasteiger partial charge in [-0.15, -0.1) is 6.42 Å². The number of hydrogen-bond donors (Lipinski definition) is 1. The van der Waals surface area contributed by atoms with Crippen LogP contribution in [-0.4, -0.2) is 29.4 Å². The van der Waals surface area contributed by atoms with Gasteiger partial charge in [0.1, 0.15) is 12.2 Å². The molecule has 1 saturated heterocycles. The summed E-state index contributed by atoms with van der Waals surface area (Å²) in [5, 5.41) is 13.2. The van der Waals surface area contributed by atoms with Crippen LogP contribution in [0.4, 0.5) is 16.2 Å². The van der Waals surface area contributed by atoms with E-state index in [0.29, 0.717) is 4.90 Å². The van der Waals surface area contributed by atoms with Crippen LogP contribution in [0.3, 0.4) is 0 Å². The molecule has 1 heterocycles. The number of imide groups is 2.